The average Bonchev–Trinajstić information content (AvgIpc) is 3.17. The number of imidazole rings is 1. The molecule has 116 valence electrons. The van der Waals surface area contributed by atoms with E-state index in [2.05, 4.69) is 20.3 Å². The lowest BCUT2D eigenvalue weighted by molar-refractivity contribution is 0.608. The number of rotatable bonds is 4. The summed E-state index contributed by atoms with van der Waals surface area (Å²) in [7, 11) is 1.93. The molecule has 3 heterocycles. The maximum atomic E-state index is 5.87. The Morgan fingerprint density at radius 1 is 1.17 bits per heavy atom. The molecule has 3 N–H and O–H groups in total. The Balaban J connectivity index is 1.96. The third kappa shape index (κ3) is 2.22. The molecule has 0 spiro atoms. The van der Waals surface area contributed by atoms with E-state index in [0.717, 1.165) is 16.6 Å². The van der Waals surface area contributed by atoms with E-state index in [1.807, 2.05) is 41.9 Å². The number of oxazole rings is 1. The number of pyridine rings is 1. The van der Waals surface area contributed by atoms with E-state index >= 15 is 0 Å². The maximum absolute atomic E-state index is 5.87. The van der Waals surface area contributed by atoms with Crippen LogP contribution in [0.25, 0.3) is 33.7 Å². The second-order valence-electron chi connectivity index (χ2n) is 5.27. The number of aryl methyl sites for hydroxylation is 1. The van der Waals surface area contributed by atoms with Crippen molar-refractivity contribution in [2.45, 2.75) is 0 Å². The van der Waals surface area contributed by atoms with Crippen LogP contribution in [0.2, 0.25) is 0 Å². The van der Waals surface area contributed by atoms with Gasteiger partial charge in [0.1, 0.15) is 11.0 Å². The molecular weight excluding hydrogens is 292 g/mol. The maximum Gasteiger partial charge on any atom is 0.251 e. The van der Waals surface area contributed by atoms with Crippen molar-refractivity contribution in [3.05, 3.63) is 36.7 Å². The van der Waals surface area contributed by atoms with Crippen molar-refractivity contribution in [1.29, 1.82) is 0 Å². The first-order valence-electron chi connectivity index (χ1n) is 7.39. The Morgan fingerprint density at radius 3 is 2.78 bits per heavy atom. The minimum Gasteiger partial charge on any atom is -0.418 e. The highest BCUT2D eigenvalue weighted by Gasteiger charge is 2.18. The first-order chi connectivity index (χ1) is 11.3. The standard InChI is InChI=1S/C16H16N6O/c1-22-9-19-11-13(22)12-16(21-14(11)18-8-7-17)23-15(20-12)10-5-3-2-4-6-10/h2-6,9H,7-8,17H2,1H3,(H,18,21). The van der Waals surface area contributed by atoms with E-state index in [1.165, 1.54) is 0 Å². The van der Waals surface area contributed by atoms with Gasteiger partial charge in [0.25, 0.3) is 5.71 Å². The first-order valence-corrected chi connectivity index (χ1v) is 7.39. The number of nitrogens with one attached hydrogen (secondary N) is 1. The van der Waals surface area contributed by atoms with Crippen LogP contribution in [0.15, 0.2) is 41.1 Å². The molecule has 4 rings (SSSR count). The summed E-state index contributed by atoms with van der Waals surface area (Å²) in [4.78, 5) is 13.6. The molecule has 0 aliphatic carbocycles. The van der Waals surface area contributed by atoms with Crippen molar-refractivity contribution in [2.24, 2.45) is 12.8 Å². The lowest BCUT2D eigenvalue weighted by Gasteiger charge is -2.04. The van der Waals surface area contributed by atoms with Gasteiger partial charge in [0.05, 0.1) is 6.33 Å². The average molecular weight is 308 g/mol. The van der Waals surface area contributed by atoms with Crippen molar-refractivity contribution >= 4 is 28.1 Å². The highest BCUT2D eigenvalue weighted by molar-refractivity contribution is 6.03. The van der Waals surface area contributed by atoms with Crippen LogP contribution in [-0.4, -0.2) is 32.6 Å². The van der Waals surface area contributed by atoms with Gasteiger partial charge < -0.3 is 20.0 Å². The molecule has 0 fully saturated rings. The predicted octanol–water partition coefficient (Wildman–Crippen LogP) is 2.15. The molecule has 1 aromatic carbocycles. The Hall–Kier alpha value is -2.93. The van der Waals surface area contributed by atoms with Crippen molar-refractivity contribution in [1.82, 2.24) is 19.5 Å². The monoisotopic (exact) mass is 308 g/mol. The highest BCUT2D eigenvalue weighted by atomic mass is 16.4. The van der Waals surface area contributed by atoms with Gasteiger partial charge in [0.15, 0.2) is 11.3 Å². The van der Waals surface area contributed by atoms with E-state index in [1.54, 1.807) is 6.33 Å². The van der Waals surface area contributed by atoms with Gasteiger partial charge in [0.2, 0.25) is 5.89 Å². The molecule has 0 aliphatic rings. The number of benzene rings is 1. The van der Waals surface area contributed by atoms with Crippen LogP contribution in [0.5, 0.6) is 0 Å². The lowest BCUT2D eigenvalue weighted by Crippen LogP contribution is -2.14. The summed E-state index contributed by atoms with van der Waals surface area (Å²) < 4.78 is 7.79. The molecule has 0 amide bonds. The summed E-state index contributed by atoms with van der Waals surface area (Å²) in [6.07, 6.45) is 1.75. The molecule has 0 unspecified atom stereocenters. The molecule has 7 nitrogen and oxygen atoms in total. The largest absolute Gasteiger partial charge is 0.418 e. The Kier molecular flexibility index (Phi) is 3.20. The minimum atomic E-state index is 0.486. The molecule has 0 atom stereocenters. The van der Waals surface area contributed by atoms with Gasteiger partial charge in [-0.15, -0.1) is 0 Å². The number of hydrogen-bond acceptors (Lipinski definition) is 6. The zero-order valence-corrected chi connectivity index (χ0v) is 12.7. The normalized spacial score (nSPS) is 11.4. The van der Waals surface area contributed by atoms with E-state index in [-0.39, 0.29) is 0 Å². The quantitative estimate of drug-likeness (QED) is 0.600. The zero-order valence-electron chi connectivity index (χ0n) is 12.7. The second kappa shape index (κ2) is 5.36. The number of nitrogens with two attached hydrogens (primary N) is 1. The summed E-state index contributed by atoms with van der Waals surface area (Å²) in [5.74, 6) is 1.21. The highest BCUT2D eigenvalue weighted by Crippen LogP contribution is 2.31. The SMILES string of the molecule is Cn1cnc2c(NCCN)nc3oc(-c4ccccc4)nc3c21. The third-order valence-corrected chi connectivity index (χ3v) is 3.67. The Labute approximate surface area is 132 Å². The smallest absolute Gasteiger partial charge is 0.251 e. The summed E-state index contributed by atoms with van der Waals surface area (Å²) >= 11 is 0. The van der Waals surface area contributed by atoms with Gasteiger partial charge in [0, 0.05) is 25.7 Å². The molecule has 0 aliphatic heterocycles. The topological polar surface area (TPSA) is 94.8 Å². The van der Waals surface area contributed by atoms with Crippen molar-refractivity contribution in [3.63, 3.8) is 0 Å². The van der Waals surface area contributed by atoms with E-state index in [4.69, 9.17) is 10.2 Å². The fourth-order valence-corrected chi connectivity index (χ4v) is 2.60. The van der Waals surface area contributed by atoms with Crippen molar-refractivity contribution in [2.75, 3.05) is 18.4 Å². The van der Waals surface area contributed by atoms with Crippen LogP contribution < -0.4 is 11.1 Å². The molecule has 0 saturated heterocycles. The molecule has 3 aromatic heterocycles. The van der Waals surface area contributed by atoms with Crippen LogP contribution in [-0.2, 0) is 7.05 Å². The van der Waals surface area contributed by atoms with Crippen molar-refractivity contribution < 1.29 is 4.42 Å². The molecule has 4 aromatic rings. The van der Waals surface area contributed by atoms with Crippen LogP contribution in [0, 0.1) is 0 Å². The van der Waals surface area contributed by atoms with Gasteiger partial charge in [-0.1, -0.05) is 18.2 Å². The molecule has 0 radical (unpaired) electrons. The Bertz CT molecular complexity index is 972. The predicted molar refractivity (Wildman–Crippen MR) is 89.1 cm³/mol. The molecule has 7 heteroatoms. The van der Waals surface area contributed by atoms with Gasteiger partial charge in [-0.25, -0.2) is 9.97 Å². The fraction of sp³-hybridized carbons (Fsp3) is 0.188. The van der Waals surface area contributed by atoms with Crippen molar-refractivity contribution in [3.8, 4) is 11.5 Å². The van der Waals surface area contributed by atoms with Crippen LogP contribution in [0.4, 0.5) is 5.82 Å². The van der Waals surface area contributed by atoms with Gasteiger partial charge in [-0.3, -0.25) is 0 Å². The number of fused-ring (bicyclic) bond motifs is 3. The number of anilines is 1. The van der Waals surface area contributed by atoms with Crippen LogP contribution in [0.1, 0.15) is 0 Å². The summed E-state index contributed by atoms with van der Waals surface area (Å²) in [6, 6.07) is 9.77. The lowest BCUT2D eigenvalue weighted by atomic mass is 10.2. The first kappa shape index (κ1) is 13.7. The van der Waals surface area contributed by atoms with Crippen LogP contribution >= 0.6 is 0 Å². The minimum absolute atomic E-state index is 0.486. The fourth-order valence-electron chi connectivity index (χ4n) is 2.60. The van der Waals surface area contributed by atoms with E-state index in [9.17, 15) is 0 Å². The summed E-state index contributed by atoms with van der Waals surface area (Å²) in [5.41, 5.74) is 9.33. The van der Waals surface area contributed by atoms with E-state index in [0.29, 0.717) is 36.0 Å². The number of aromatic nitrogens is 4. The second-order valence-corrected chi connectivity index (χ2v) is 5.27. The Morgan fingerprint density at radius 2 is 2.00 bits per heavy atom. The summed E-state index contributed by atoms with van der Waals surface area (Å²) in [6.45, 7) is 1.13. The molecule has 23 heavy (non-hydrogen) atoms. The van der Waals surface area contributed by atoms with E-state index < -0.39 is 0 Å². The number of nitrogens with zero attached hydrogens (tertiary/aromatic N) is 4. The summed E-state index contributed by atoms with van der Waals surface area (Å²) in [5, 5.41) is 3.19. The molecular formula is C16H16N6O. The van der Waals surface area contributed by atoms with Crippen LogP contribution in [0.3, 0.4) is 0 Å². The number of hydrogen-bond donors (Lipinski definition) is 2. The van der Waals surface area contributed by atoms with Gasteiger partial charge in [-0.05, 0) is 12.1 Å². The van der Waals surface area contributed by atoms with Gasteiger partial charge in [-0.2, -0.15) is 4.98 Å². The zero-order chi connectivity index (χ0) is 15.8. The van der Waals surface area contributed by atoms with Gasteiger partial charge >= 0.3 is 0 Å². The third-order valence-electron chi connectivity index (χ3n) is 3.67. The molecule has 0 bridgehead atoms. The molecule has 0 saturated carbocycles.